The minimum absolute atomic E-state index is 0.554. The lowest BCUT2D eigenvalue weighted by Gasteiger charge is -2.42. The summed E-state index contributed by atoms with van der Waals surface area (Å²) in [4.78, 5) is 0. The molecule has 24 heavy (non-hydrogen) atoms. The van der Waals surface area contributed by atoms with Crippen LogP contribution in [0.4, 0.5) is 0 Å². The fourth-order valence-corrected chi connectivity index (χ4v) is 5.75. The first-order valence-corrected chi connectivity index (χ1v) is 10.5. The Kier molecular flexibility index (Phi) is 4.99. The van der Waals surface area contributed by atoms with Crippen LogP contribution in [0.15, 0.2) is 18.2 Å². The van der Waals surface area contributed by atoms with Crippen LogP contribution < -0.4 is 0 Å². The zero-order valence-corrected chi connectivity index (χ0v) is 15.6. The van der Waals surface area contributed by atoms with Crippen molar-refractivity contribution in [3.05, 3.63) is 34.9 Å². The molecule has 3 aliphatic carbocycles. The Morgan fingerprint density at radius 2 is 1.79 bits per heavy atom. The molecule has 2 saturated carbocycles. The van der Waals surface area contributed by atoms with Crippen molar-refractivity contribution in [3.8, 4) is 0 Å². The summed E-state index contributed by atoms with van der Waals surface area (Å²) in [5.74, 6) is 3.58. The highest BCUT2D eigenvalue weighted by atomic mass is 16.5. The van der Waals surface area contributed by atoms with E-state index < -0.39 is 0 Å². The number of hydrogen-bond acceptors (Lipinski definition) is 1. The van der Waals surface area contributed by atoms with E-state index in [1.807, 2.05) is 0 Å². The van der Waals surface area contributed by atoms with Crippen molar-refractivity contribution in [3.63, 3.8) is 0 Å². The van der Waals surface area contributed by atoms with Gasteiger partial charge in [-0.25, -0.2) is 0 Å². The van der Waals surface area contributed by atoms with Gasteiger partial charge >= 0.3 is 0 Å². The van der Waals surface area contributed by atoms with Crippen LogP contribution in [0.3, 0.4) is 0 Å². The maximum Gasteiger partial charge on any atom is 0.0577 e. The van der Waals surface area contributed by atoms with E-state index in [0.29, 0.717) is 6.10 Å². The maximum absolute atomic E-state index is 5.91. The smallest absolute Gasteiger partial charge is 0.0577 e. The molecule has 1 aromatic carbocycles. The van der Waals surface area contributed by atoms with Crippen LogP contribution in [-0.4, -0.2) is 12.7 Å². The molecule has 4 rings (SSSR count). The second kappa shape index (κ2) is 7.20. The predicted octanol–water partition coefficient (Wildman–Crippen LogP) is 5.90. The molecule has 0 heterocycles. The van der Waals surface area contributed by atoms with E-state index in [-0.39, 0.29) is 0 Å². The summed E-state index contributed by atoms with van der Waals surface area (Å²) in [7, 11) is 0. The van der Waals surface area contributed by atoms with E-state index in [1.165, 1.54) is 57.8 Å². The molecule has 3 aliphatic rings. The van der Waals surface area contributed by atoms with Crippen LogP contribution in [0.2, 0.25) is 0 Å². The molecule has 1 nitrogen and oxygen atoms in total. The van der Waals surface area contributed by atoms with Gasteiger partial charge in [-0.15, -0.1) is 0 Å². The first kappa shape index (κ1) is 16.6. The Labute approximate surface area is 148 Å². The molecule has 1 heteroatoms. The van der Waals surface area contributed by atoms with Crippen LogP contribution in [0.5, 0.6) is 0 Å². The van der Waals surface area contributed by atoms with E-state index in [2.05, 4.69) is 32.0 Å². The highest BCUT2D eigenvalue weighted by Gasteiger charge is 2.36. The van der Waals surface area contributed by atoms with E-state index in [1.54, 1.807) is 16.7 Å². The van der Waals surface area contributed by atoms with Gasteiger partial charge in [0.2, 0.25) is 0 Å². The fraction of sp³-hybridized carbons (Fsp3) is 0.739. The van der Waals surface area contributed by atoms with Gasteiger partial charge in [-0.2, -0.15) is 0 Å². The van der Waals surface area contributed by atoms with Crippen molar-refractivity contribution in [1.29, 1.82) is 0 Å². The van der Waals surface area contributed by atoms with Gasteiger partial charge in [0.15, 0.2) is 0 Å². The van der Waals surface area contributed by atoms with Gasteiger partial charge in [0, 0.05) is 6.61 Å². The second-order valence-corrected chi connectivity index (χ2v) is 8.80. The van der Waals surface area contributed by atoms with Crippen molar-refractivity contribution in [1.82, 2.24) is 0 Å². The van der Waals surface area contributed by atoms with Crippen LogP contribution in [-0.2, 0) is 17.6 Å². The molecule has 132 valence electrons. The number of rotatable bonds is 3. The van der Waals surface area contributed by atoms with E-state index in [4.69, 9.17) is 4.74 Å². The third kappa shape index (κ3) is 3.43. The van der Waals surface area contributed by atoms with Crippen LogP contribution >= 0.6 is 0 Å². The van der Waals surface area contributed by atoms with Crippen molar-refractivity contribution in [2.45, 2.75) is 83.7 Å². The molecular weight excluding hydrogens is 292 g/mol. The van der Waals surface area contributed by atoms with E-state index in [0.717, 1.165) is 30.3 Å². The second-order valence-electron chi connectivity index (χ2n) is 8.80. The Morgan fingerprint density at radius 3 is 2.67 bits per heavy atom. The molecule has 2 fully saturated rings. The molecule has 5 atom stereocenters. The lowest BCUT2D eigenvalue weighted by atomic mass is 9.65. The van der Waals surface area contributed by atoms with Crippen LogP contribution in [0.25, 0.3) is 0 Å². The first-order chi connectivity index (χ1) is 11.7. The maximum atomic E-state index is 5.91. The number of aryl methyl sites for hydroxylation is 1. The predicted molar refractivity (Wildman–Crippen MR) is 100 cm³/mol. The Bertz CT molecular complexity index is 563. The monoisotopic (exact) mass is 326 g/mol. The average molecular weight is 327 g/mol. The molecule has 0 N–H and O–H groups in total. The van der Waals surface area contributed by atoms with E-state index >= 15 is 0 Å². The zero-order chi connectivity index (χ0) is 16.5. The Hall–Kier alpha value is -0.820. The van der Waals surface area contributed by atoms with Gasteiger partial charge in [-0.1, -0.05) is 25.1 Å². The average Bonchev–Trinajstić information content (AvgIpc) is 2.61. The third-order valence-electron chi connectivity index (χ3n) is 7.14. The fourth-order valence-electron chi connectivity index (χ4n) is 5.75. The number of ether oxygens (including phenoxy) is 1. The lowest BCUT2D eigenvalue weighted by Crippen LogP contribution is -2.33. The summed E-state index contributed by atoms with van der Waals surface area (Å²) in [6, 6.07) is 7.50. The topological polar surface area (TPSA) is 9.23 Å². The summed E-state index contributed by atoms with van der Waals surface area (Å²) >= 11 is 0. The minimum Gasteiger partial charge on any atom is -0.378 e. The van der Waals surface area contributed by atoms with Crippen molar-refractivity contribution in [2.75, 3.05) is 6.61 Å². The van der Waals surface area contributed by atoms with Gasteiger partial charge in [-0.3, -0.25) is 0 Å². The summed E-state index contributed by atoms with van der Waals surface area (Å²) < 4.78 is 5.91. The molecule has 0 aliphatic heterocycles. The van der Waals surface area contributed by atoms with Gasteiger partial charge in [-0.05, 0) is 105 Å². The quantitative estimate of drug-likeness (QED) is 0.672. The standard InChI is InChI=1S/C23H34O/c1-3-24-23-11-10-21-14-20(8-9-22(21)15-23)19-7-6-17-12-16(2)4-5-18(17)13-19/h6-7,13,16,20-23H,3-5,8-12,14-15H2,1-2H3. The van der Waals surface area contributed by atoms with Crippen molar-refractivity contribution < 1.29 is 4.74 Å². The van der Waals surface area contributed by atoms with Crippen LogP contribution in [0, 0.1) is 17.8 Å². The highest BCUT2D eigenvalue weighted by Crippen LogP contribution is 2.47. The SMILES string of the molecule is CCOC1CCC2CC(c3ccc4c(c3)CCC(C)C4)CCC2C1. The molecule has 0 bridgehead atoms. The van der Waals surface area contributed by atoms with E-state index in [9.17, 15) is 0 Å². The molecule has 1 aromatic rings. The largest absolute Gasteiger partial charge is 0.378 e. The highest BCUT2D eigenvalue weighted by molar-refractivity contribution is 5.36. The zero-order valence-electron chi connectivity index (χ0n) is 15.6. The molecular formula is C23H34O. The molecule has 0 spiro atoms. The van der Waals surface area contributed by atoms with Gasteiger partial charge in [0.25, 0.3) is 0 Å². The molecule has 0 amide bonds. The van der Waals surface area contributed by atoms with Gasteiger partial charge in [0.05, 0.1) is 6.10 Å². The van der Waals surface area contributed by atoms with Gasteiger partial charge < -0.3 is 4.74 Å². The lowest BCUT2D eigenvalue weighted by molar-refractivity contribution is -0.00955. The number of benzene rings is 1. The summed E-state index contributed by atoms with van der Waals surface area (Å²) in [6.07, 6.45) is 12.8. The Morgan fingerprint density at radius 1 is 0.958 bits per heavy atom. The van der Waals surface area contributed by atoms with Crippen molar-refractivity contribution in [2.24, 2.45) is 17.8 Å². The third-order valence-corrected chi connectivity index (χ3v) is 7.14. The first-order valence-electron chi connectivity index (χ1n) is 10.5. The normalized spacial score (nSPS) is 36.0. The molecule has 0 aromatic heterocycles. The summed E-state index contributed by atoms with van der Waals surface area (Å²) in [5, 5.41) is 0. The number of hydrogen-bond donors (Lipinski definition) is 0. The molecule has 0 saturated heterocycles. The Balaban J connectivity index is 1.42. The number of fused-ring (bicyclic) bond motifs is 2. The summed E-state index contributed by atoms with van der Waals surface area (Å²) in [6.45, 7) is 5.43. The summed E-state index contributed by atoms with van der Waals surface area (Å²) in [5.41, 5.74) is 4.94. The van der Waals surface area contributed by atoms with Crippen LogP contribution in [0.1, 0.15) is 81.4 Å². The van der Waals surface area contributed by atoms with Gasteiger partial charge in [0.1, 0.15) is 0 Å². The van der Waals surface area contributed by atoms with Crippen molar-refractivity contribution >= 4 is 0 Å². The molecule has 0 radical (unpaired) electrons. The molecule has 5 unspecified atom stereocenters. The minimum atomic E-state index is 0.554.